The number of hydrogen-bond acceptors (Lipinski definition) is 5. The summed E-state index contributed by atoms with van der Waals surface area (Å²) in [6.07, 6.45) is 0.461. The number of anilines is 1. The highest BCUT2D eigenvalue weighted by molar-refractivity contribution is 5.74. The van der Waals surface area contributed by atoms with Gasteiger partial charge >= 0.3 is 0 Å². The highest BCUT2D eigenvalue weighted by Crippen LogP contribution is 2.14. The molecular formula is C14H17N5. The maximum Gasteiger partial charge on any atom is 0.245 e. The van der Waals surface area contributed by atoms with Crippen LogP contribution in [0, 0.1) is 17.2 Å². The second-order valence-electron chi connectivity index (χ2n) is 4.85. The SMILES string of the molecule is CC(C)CN(CCC#N)c1nnc2ccccc2n1. The Kier molecular flexibility index (Phi) is 4.24. The summed E-state index contributed by atoms with van der Waals surface area (Å²) in [6.45, 7) is 5.72. The van der Waals surface area contributed by atoms with Gasteiger partial charge in [0, 0.05) is 13.1 Å². The molecule has 2 rings (SSSR count). The van der Waals surface area contributed by atoms with E-state index in [-0.39, 0.29) is 0 Å². The lowest BCUT2D eigenvalue weighted by molar-refractivity contribution is 0.600. The normalized spacial score (nSPS) is 10.6. The second-order valence-corrected chi connectivity index (χ2v) is 4.85. The molecule has 0 bridgehead atoms. The van der Waals surface area contributed by atoms with Gasteiger partial charge in [-0.15, -0.1) is 10.2 Å². The monoisotopic (exact) mass is 255 g/mol. The van der Waals surface area contributed by atoms with Gasteiger partial charge in [0.25, 0.3) is 0 Å². The number of nitrogens with zero attached hydrogens (tertiary/aromatic N) is 5. The fourth-order valence-corrected chi connectivity index (χ4v) is 1.90. The quantitative estimate of drug-likeness (QED) is 0.820. The number of fused-ring (bicyclic) bond motifs is 1. The predicted molar refractivity (Wildman–Crippen MR) is 74.6 cm³/mol. The molecule has 19 heavy (non-hydrogen) atoms. The molecule has 0 amide bonds. The maximum absolute atomic E-state index is 8.73. The van der Waals surface area contributed by atoms with Crippen molar-refractivity contribution in [1.82, 2.24) is 15.2 Å². The molecule has 0 aliphatic rings. The number of nitriles is 1. The van der Waals surface area contributed by atoms with E-state index in [0.717, 1.165) is 17.6 Å². The number of benzene rings is 1. The summed E-state index contributed by atoms with van der Waals surface area (Å²) >= 11 is 0. The smallest absolute Gasteiger partial charge is 0.245 e. The fraction of sp³-hybridized carbons (Fsp3) is 0.429. The molecular weight excluding hydrogens is 238 g/mol. The van der Waals surface area contributed by atoms with Gasteiger partial charge in [0.05, 0.1) is 18.0 Å². The van der Waals surface area contributed by atoms with E-state index >= 15 is 0 Å². The van der Waals surface area contributed by atoms with Gasteiger partial charge in [0.2, 0.25) is 5.95 Å². The summed E-state index contributed by atoms with van der Waals surface area (Å²) in [5, 5.41) is 17.1. The molecule has 98 valence electrons. The molecule has 5 heteroatoms. The van der Waals surface area contributed by atoms with E-state index in [9.17, 15) is 0 Å². The molecule has 0 spiro atoms. The van der Waals surface area contributed by atoms with Crippen LogP contribution < -0.4 is 4.90 Å². The van der Waals surface area contributed by atoms with Crippen molar-refractivity contribution in [2.45, 2.75) is 20.3 Å². The van der Waals surface area contributed by atoms with Gasteiger partial charge in [-0.25, -0.2) is 4.98 Å². The van der Waals surface area contributed by atoms with Crippen LogP contribution >= 0.6 is 0 Å². The van der Waals surface area contributed by atoms with Crippen LogP contribution in [-0.2, 0) is 0 Å². The van der Waals surface area contributed by atoms with Gasteiger partial charge in [-0.1, -0.05) is 26.0 Å². The molecule has 0 N–H and O–H groups in total. The topological polar surface area (TPSA) is 65.7 Å². The van der Waals surface area contributed by atoms with Crippen LogP contribution in [0.5, 0.6) is 0 Å². The number of aromatic nitrogens is 3. The van der Waals surface area contributed by atoms with E-state index < -0.39 is 0 Å². The zero-order valence-corrected chi connectivity index (χ0v) is 11.2. The van der Waals surface area contributed by atoms with E-state index in [1.807, 2.05) is 29.2 Å². The molecule has 1 aromatic carbocycles. The number of rotatable bonds is 5. The lowest BCUT2D eigenvalue weighted by Gasteiger charge is -2.22. The molecule has 5 nitrogen and oxygen atoms in total. The van der Waals surface area contributed by atoms with Crippen LogP contribution in [0.15, 0.2) is 24.3 Å². The summed E-state index contributed by atoms with van der Waals surface area (Å²) < 4.78 is 0. The van der Waals surface area contributed by atoms with E-state index in [2.05, 4.69) is 35.1 Å². The van der Waals surface area contributed by atoms with Crippen molar-refractivity contribution in [3.05, 3.63) is 24.3 Å². The largest absolute Gasteiger partial charge is 0.338 e. The van der Waals surface area contributed by atoms with E-state index in [0.29, 0.717) is 24.8 Å². The van der Waals surface area contributed by atoms with Crippen LogP contribution in [0.1, 0.15) is 20.3 Å². The van der Waals surface area contributed by atoms with E-state index in [4.69, 9.17) is 5.26 Å². The van der Waals surface area contributed by atoms with Crippen molar-refractivity contribution < 1.29 is 0 Å². The number of para-hydroxylation sites is 1. The Hall–Kier alpha value is -2.22. The van der Waals surface area contributed by atoms with Gasteiger partial charge in [-0.2, -0.15) is 5.26 Å². The third kappa shape index (κ3) is 3.38. The lowest BCUT2D eigenvalue weighted by atomic mass is 10.2. The lowest BCUT2D eigenvalue weighted by Crippen LogP contribution is -2.30. The minimum atomic E-state index is 0.461. The summed E-state index contributed by atoms with van der Waals surface area (Å²) in [4.78, 5) is 6.55. The molecule has 0 unspecified atom stereocenters. The van der Waals surface area contributed by atoms with Crippen LogP contribution in [0.2, 0.25) is 0 Å². The van der Waals surface area contributed by atoms with E-state index in [1.54, 1.807) is 0 Å². The third-order valence-corrected chi connectivity index (χ3v) is 2.71. The minimum absolute atomic E-state index is 0.461. The fourth-order valence-electron chi connectivity index (χ4n) is 1.90. The van der Waals surface area contributed by atoms with Crippen LogP contribution in [0.25, 0.3) is 11.0 Å². The Balaban J connectivity index is 2.29. The molecule has 0 aliphatic heterocycles. The molecule has 1 aromatic heterocycles. The first-order valence-corrected chi connectivity index (χ1v) is 6.42. The Labute approximate surface area is 112 Å². The molecule has 0 atom stereocenters. The van der Waals surface area contributed by atoms with Gasteiger partial charge in [0.1, 0.15) is 5.52 Å². The van der Waals surface area contributed by atoms with Crippen molar-refractivity contribution in [1.29, 1.82) is 5.26 Å². The van der Waals surface area contributed by atoms with Gasteiger partial charge in [-0.3, -0.25) is 0 Å². The molecule has 1 heterocycles. The molecule has 2 aromatic rings. The van der Waals surface area contributed by atoms with Crippen LogP contribution in [0.4, 0.5) is 5.95 Å². The van der Waals surface area contributed by atoms with Gasteiger partial charge < -0.3 is 4.90 Å². The summed E-state index contributed by atoms with van der Waals surface area (Å²) in [7, 11) is 0. The zero-order chi connectivity index (χ0) is 13.7. The first-order valence-electron chi connectivity index (χ1n) is 6.42. The van der Waals surface area contributed by atoms with Crippen LogP contribution in [0.3, 0.4) is 0 Å². The van der Waals surface area contributed by atoms with Gasteiger partial charge in [-0.05, 0) is 18.1 Å². The van der Waals surface area contributed by atoms with Gasteiger partial charge in [0.15, 0.2) is 0 Å². The molecule has 0 saturated heterocycles. The highest BCUT2D eigenvalue weighted by atomic mass is 15.3. The van der Waals surface area contributed by atoms with E-state index in [1.165, 1.54) is 0 Å². The van der Waals surface area contributed by atoms with Crippen LogP contribution in [-0.4, -0.2) is 28.3 Å². The average molecular weight is 255 g/mol. The Bertz CT molecular complexity index is 588. The third-order valence-electron chi connectivity index (χ3n) is 2.71. The highest BCUT2D eigenvalue weighted by Gasteiger charge is 2.12. The standard InChI is InChI=1S/C14H17N5/c1-11(2)10-19(9-5-8-15)14-16-12-6-3-4-7-13(12)17-18-14/h3-4,6-7,11H,5,9-10H2,1-2H3. The Morgan fingerprint density at radius 1 is 1.21 bits per heavy atom. The Morgan fingerprint density at radius 2 is 1.95 bits per heavy atom. The van der Waals surface area contributed by atoms with Crippen molar-refractivity contribution in [2.75, 3.05) is 18.0 Å². The van der Waals surface area contributed by atoms with Crippen molar-refractivity contribution in [3.63, 3.8) is 0 Å². The van der Waals surface area contributed by atoms with Crippen molar-refractivity contribution in [3.8, 4) is 6.07 Å². The maximum atomic E-state index is 8.73. The predicted octanol–water partition coefficient (Wildman–Crippen LogP) is 2.40. The average Bonchev–Trinajstić information content (AvgIpc) is 2.42. The number of hydrogen-bond donors (Lipinski definition) is 0. The first-order chi connectivity index (χ1) is 9.20. The molecule has 0 radical (unpaired) electrons. The summed E-state index contributed by atoms with van der Waals surface area (Å²) in [6, 6.07) is 9.82. The molecule has 0 fully saturated rings. The molecule has 0 saturated carbocycles. The summed E-state index contributed by atoms with van der Waals surface area (Å²) in [5.74, 6) is 1.08. The second kappa shape index (κ2) is 6.10. The molecule has 0 aliphatic carbocycles. The zero-order valence-electron chi connectivity index (χ0n) is 11.2. The van der Waals surface area contributed by atoms with Crippen molar-refractivity contribution in [2.24, 2.45) is 5.92 Å². The summed E-state index contributed by atoms with van der Waals surface area (Å²) in [5.41, 5.74) is 1.62. The first kappa shape index (κ1) is 13.2. The minimum Gasteiger partial charge on any atom is -0.338 e. The Morgan fingerprint density at radius 3 is 2.63 bits per heavy atom. The van der Waals surface area contributed by atoms with Crippen molar-refractivity contribution >= 4 is 17.0 Å².